The predicted octanol–water partition coefficient (Wildman–Crippen LogP) is 1.57. The van der Waals surface area contributed by atoms with E-state index in [0.717, 1.165) is 25.9 Å². The average molecular weight is 252 g/mol. The lowest BCUT2D eigenvalue weighted by Crippen LogP contribution is -2.35. The molecule has 2 amide bonds. The third-order valence-electron chi connectivity index (χ3n) is 3.16. The van der Waals surface area contributed by atoms with Crippen LogP contribution in [0.1, 0.15) is 33.1 Å². The van der Waals surface area contributed by atoms with Crippen LogP contribution in [0.3, 0.4) is 0 Å². The molecule has 1 aliphatic rings. The molecule has 4 nitrogen and oxygen atoms in total. The smallest absolute Gasteiger partial charge is 0.226 e. The summed E-state index contributed by atoms with van der Waals surface area (Å²) in [6.07, 6.45) is 4.28. The molecule has 0 aromatic carbocycles. The van der Waals surface area contributed by atoms with E-state index < -0.39 is 0 Å². The molecule has 0 saturated heterocycles. The lowest BCUT2D eigenvalue weighted by Gasteiger charge is -2.21. The van der Waals surface area contributed by atoms with Gasteiger partial charge in [0.25, 0.3) is 0 Å². The second-order valence-corrected chi connectivity index (χ2v) is 4.81. The molecule has 1 rings (SSSR count). The number of hydrogen-bond donors (Lipinski definition) is 1. The van der Waals surface area contributed by atoms with Crippen LogP contribution in [0.5, 0.6) is 0 Å². The highest BCUT2D eigenvalue weighted by Gasteiger charge is 2.49. The minimum Gasteiger partial charge on any atom is -0.352 e. The van der Waals surface area contributed by atoms with Gasteiger partial charge in [-0.15, -0.1) is 6.58 Å². The van der Waals surface area contributed by atoms with E-state index in [1.807, 2.05) is 4.90 Å². The summed E-state index contributed by atoms with van der Waals surface area (Å²) in [4.78, 5) is 25.8. The molecule has 0 heterocycles. The van der Waals surface area contributed by atoms with Gasteiger partial charge in [0.15, 0.2) is 0 Å². The number of carbonyl (C=O) groups excluding carboxylic acids is 2. The Morgan fingerprint density at radius 2 is 1.89 bits per heavy atom. The molecule has 0 aromatic rings. The van der Waals surface area contributed by atoms with Gasteiger partial charge in [0.05, 0.1) is 11.8 Å². The van der Waals surface area contributed by atoms with E-state index in [1.54, 1.807) is 6.08 Å². The Morgan fingerprint density at radius 3 is 2.39 bits per heavy atom. The Kier molecular flexibility index (Phi) is 5.89. The van der Waals surface area contributed by atoms with Crippen LogP contribution in [0.25, 0.3) is 0 Å². The zero-order chi connectivity index (χ0) is 13.5. The summed E-state index contributed by atoms with van der Waals surface area (Å²) in [5.41, 5.74) is 0. The molecule has 1 fully saturated rings. The van der Waals surface area contributed by atoms with Crippen LogP contribution in [0.15, 0.2) is 12.7 Å². The van der Waals surface area contributed by atoms with Crippen molar-refractivity contribution in [2.24, 2.45) is 11.8 Å². The van der Waals surface area contributed by atoms with Crippen LogP contribution in [-0.2, 0) is 9.59 Å². The van der Waals surface area contributed by atoms with Crippen LogP contribution in [-0.4, -0.2) is 36.3 Å². The van der Waals surface area contributed by atoms with Crippen molar-refractivity contribution < 1.29 is 9.59 Å². The van der Waals surface area contributed by atoms with Gasteiger partial charge >= 0.3 is 0 Å². The van der Waals surface area contributed by atoms with E-state index in [-0.39, 0.29) is 23.7 Å². The number of nitrogens with one attached hydrogen (secondary N) is 1. The van der Waals surface area contributed by atoms with Gasteiger partial charge in [-0.1, -0.05) is 19.9 Å². The molecule has 1 saturated carbocycles. The number of carbonyl (C=O) groups is 2. The number of hydrogen-bond acceptors (Lipinski definition) is 2. The highest BCUT2D eigenvalue weighted by atomic mass is 16.2. The van der Waals surface area contributed by atoms with Gasteiger partial charge in [-0.3, -0.25) is 9.59 Å². The van der Waals surface area contributed by atoms with Crippen LogP contribution in [0.2, 0.25) is 0 Å². The van der Waals surface area contributed by atoms with Crippen molar-refractivity contribution in [2.45, 2.75) is 33.1 Å². The van der Waals surface area contributed by atoms with E-state index in [0.29, 0.717) is 13.0 Å². The lowest BCUT2D eigenvalue weighted by atomic mass is 10.2. The molecule has 18 heavy (non-hydrogen) atoms. The van der Waals surface area contributed by atoms with Gasteiger partial charge in [-0.25, -0.2) is 0 Å². The minimum absolute atomic E-state index is 0.0128. The Bertz CT molecular complexity index is 309. The maximum absolute atomic E-state index is 12.2. The van der Waals surface area contributed by atoms with Crippen LogP contribution in [0.4, 0.5) is 0 Å². The zero-order valence-corrected chi connectivity index (χ0v) is 11.4. The Morgan fingerprint density at radius 1 is 1.28 bits per heavy atom. The first-order valence-electron chi connectivity index (χ1n) is 6.83. The number of nitrogens with zero attached hydrogens (tertiary/aromatic N) is 1. The van der Waals surface area contributed by atoms with Crippen LogP contribution >= 0.6 is 0 Å². The third kappa shape index (κ3) is 3.86. The second-order valence-electron chi connectivity index (χ2n) is 4.81. The molecule has 0 radical (unpaired) electrons. The van der Waals surface area contributed by atoms with Crippen molar-refractivity contribution in [2.75, 3.05) is 19.6 Å². The zero-order valence-electron chi connectivity index (χ0n) is 11.4. The number of rotatable bonds is 8. The first-order valence-corrected chi connectivity index (χ1v) is 6.83. The van der Waals surface area contributed by atoms with Gasteiger partial charge in [0.2, 0.25) is 11.8 Å². The normalized spacial score (nSPS) is 21.2. The topological polar surface area (TPSA) is 49.4 Å². The van der Waals surface area contributed by atoms with Crippen molar-refractivity contribution >= 4 is 11.8 Å². The molecule has 0 aliphatic heterocycles. The van der Waals surface area contributed by atoms with Crippen molar-refractivity contribution in [3.63, 3.8) is 0 Å². The third-order valence-corrected chi connectivity index (χ3v) is 3.16. The molecular weight excluding hydrogens is 228 g/mol. The molecule has 1 N–H and O–H groups in total. The largest absolute Gasteiger partial charge is 0.352 e. The highest BCUT2D eigenvalue weighted by Crippen LogP contribution is 2.40. The van der Waals surface area contributed by atoms with E-state index in [4.69, 9.17) is 0 Å². The summed E-state index contributed by atoms with van der Waals surface area (Å²) in [5, 5.41) is 2.75. The summed E-state index contributed by atoms with van der Waals surface area (Å²) < 4.78 is 0. The van der Waals surface area contributed by atoms with E-state index in [1.165, 1.54) is 0 Å². The highest BCUT2D eigenvalue weighted by molar-refractivity contribution is 5.92. The van der Waals surface area contributed by atoms with Crippen LogP contribution in [0, 0.1) is 11.8 Å². The summed E-state index contributed by atoms with van der Waals surface area (Å²) >= 11 is 0. The van der Waals surface area contributed by atoms with Gasteiger partial charge in [0.1, 0.15) is 0 Å². The Labute approximate surface area is 109 Å². The quantitative estimate of drug-likeness (QED) is 0.667. The van der Waals surface area contributed by atoms with Gasteiger partial charge in [-0.2, -0.15) is 0 Å². The van der Waals surface area contributed by atoms with Crippen molar-refractivity contribution in [3.8, 4) is 0 Å². The fraction of sp³-hybridized carbons (Fsp3) is 0.714. The van der Waals surface area contributed by atoms with Crippen molar-refractivity contribution in [3.05, 3.63) is 12.7 Å². The van der Waals surface area contributed by atoms with E-state index in [9.17, 15) is 9.59 Å². The van der Waals surface area contributed by atoms with E-state index >= 15 is 0 Å². The minimum atomic E-state index is -0.117. The standard InChI is InChI=1S/C14H24N2O2/c1-4-7-15-13(17)11-10-12(11)14(18)16(8-5-2)9-6-3/h4,11-12H,1,5-10H2,2-3H3,(H,15,17). The molecule has 102 valence electrons. The summed E-state index contributed by atoms with van der Waals surface area (Å²) in [7, 11) is 0. The summed E-state index contributed by atoms with van der Waals surface area (Å²) in [6, 6.07) is 0. The van der Waals surface area contributed by atoms with Gasteiger partial charge in [-0.05, 0) is 19.3 Å². The molecular formula is C14H24N2O2. The summed E-state index contributed by atoms with van der Waals surface area (Å²) in [6.45, 7) is 9.75. The first kappa shape index (κ1) is 14.7. The second kappa shape index (κ2) is 7.19. The molecule has 0 bridgehead atoms. The Hall–Kier alpha value is -1.32. The lowest BCUT2D eigenvalue weighted by molar-refractivity contribution is -0.134. The maximum Gasteiger partial charge on any atom is 0.226 e. The Balaban J connectivity index is 2.44. The molecule has 0 aromatic heterocycles. The summed E-state index contributed by atoms with van der Waals surface area (Å²) in [5.74, 6) is -0.0692. The maximum atomic E-state index is 12.2. The van der Waals surface area contributed by atoms with Crippen molar-refractivity contribution in [1.82, 2.24) is 10.2 Å². The molecule has 4 heteroatoms. The molecule has 1 aliphatic carbocycles. The van der Waals surface area contributed by atoms with E-state index in [2.05, 4.69) is 25.7 Å². The van der Waals surface area contributed by atoms with Gasteiger partial charge < -0.3 is 10.2 Å². The van der Waals surface area contributed by atoms with Gasteiger partial charge in [0, 0.05) is 19.6 Å². The first-order chi connectivity index (χ1) is 8.65. The fourth-order valence-electron chi connectivity index (χ4n) is 2.17. The van der Waals surface area contributed by atoms with Crippen molar-refractivity contribution in [1.29, 1.82) is 0 Å². The fourth-order valence-corrected chi connectivity index (χ4v) is 2.17. The average Bonchev–Trinajstić information content (AvgIpc) is 3.15. The number of amides is 2. The molecule has 0 spiro atoms. The predicted molar refractivity (Wildman–Crippen MR) is 72.0 cm³/mol. The monoisotopic (exact) mass is 252 g/mol. The molecule has 2 unspecified atom stereocenters. The SMILES string of the molecule is C=CCNC(=O)C1CC1C(=O)N(CCC)CCC. The molecule has 2 atom stereocenters. The van der Waals surface area contributed by atoms with Crippen LogP contribution < -0.4 is 5.32 Å².